The van der Waals surface area contributed by atoms with Crippen LogP contribution in [0.3, 0.4) is 0 Å². The van der Waals surface area contributed by atoms with Crippen molar-refractivity contribution >= 4 is 5.97 Å². The molecule has 0 bridgehead atoms. The Kier molecular flexibility index (Phi) is 2.77. The lowest BCUT2D eigenvalue weighted by atomic mass is 10.2. The highest BCUT2D eigenvalue weighted by Gasteiger charge is 2.44. The monoisotopic (exact) mass is 199 g/mol. The van der Waals surface area contributed by atoms with Crippen molar-refractivity contribution in [2.24, 2.45) is 0 Å². The summed E-state index contributed by atoms with van der Waals surface area (Å²) in [6.45, 7) is -0.491. The number of carboxylic acid groups (broad SMARTS) is 1. The molecule has 1 heterocycles. The maximum atomic E-state index is 12.0. The van der Waals surface area contributed by atoms with Crippen LogP contribution in [0.1, 0.15) is 0 Å². The third kappa shape index (κ3) is 2.56. The van der Waals surface area contributed by atoms with Crippen molar-refractivity contribution in [2.75, 3.05) is 13.1 Å². The predicted molar refractivity (Wildman–Crippen MR) is 35.2 cm³/mol. The third-order valence-electron chi connectivity index (χ3n) is 1.63. The van der Waals surface area contributed by atoms with E-state index in [2.05, 4.69) is 10.1 Å². The fourth-order valence-electron chi connectivity index (χ4n) is 0.978. The molecule has 1 aliphatic heterocycles. The number of halogens is 3. The van der Waals surface area contributed by atoms with E-state index < -0.39 is 30.9 Å². The van der Waals surface area contributed by atoms with Crippen molar-refractivity contribution in [3.05, 3.63) is 0 Å². The van der Waals surface area contributed by atoms with Gasteiger partial charge in [-0.3, -0.25) is 0 Å². The van der Waals surface area contributed by atoms with Gasteiger partial charge in [0.05, 0.1) is 0 Å². The molecular weight excluding hydrogens is 191 g/mol. The summed E-state index contributed by atoms with van der Waals surface area (Å²) in [6, 6.07) is 0. The Labute approximate surface area is 71.7 Å². The number of carboxylic acids is 1. The van der Waals surface area contributed by atoms with E-state index in [1.54, 1.807) is 0 Å². The number of nitrogens with one attached hydrogen (secondary N) is 1. The largest absolute Gasteiger partial charge is 0.479 e. The second-order valence-corrected chi connectivity index (χ2v) is 2.65. The van der Waals surface area contributed by atoms with E-state index in [1.165, 1.54) is 0 Å². The molecule has 0 unspecified atom stereocenters. The van der Waals surface area contributed by atoms with Crippen molar-refractivity contribution in [1.82, 2.24) is 5.32 Å². The Balaban J connectivity index is 2.57. The first-order chi connectivity index (χ1) is 5.91. The normalized spacial score (nSPS) is 30.1. The predicted octanol–water partition coefficient (Wildman–Crippen LogP) is -0.00970. The molecule has 1 saturated heterocycles. The third-order valence-corrected chi connectivity index (χ3v) is 1.63. The van der Waals surface area contributed by atoms with E-state index in [4.69, 9.17) is 5.11 Å². The van der Waals surface area contributed by atoms with Gasteiger partial charge in [-0.1, -0.05) is 0 Å². The molecule has 2 N–H and O–H groups in total. The van der Waals surface area contributed by atoms with Crippen LogP contribution in [0.4, 0.5) is 13.2 Å². The molecule has 76 valence electrons. The summed E-state index contributed by atoms with van der Waals surface area (Å²) in [5.74, 6) is -1.39. The van der Waals surface area contributed by atoms with Gasteiger partial charge in [-0.2, -0.15) is 13.2 Å². The van der Waals surface area contributed by atoms with Gasteiger partial charge in [0.2, 0.25) is 0 Å². The number of aliphatic carboxylic acids is 1. The molecule has 0 spiro atoms. The van der Waals surface area contributed by atoms with E-state index in [-0.39, 0.29) is 6.54 Å². The molecule has 0 aromatic rings. The Morgan fingerprint density at radius 2 is 2.08 bits per heavy atom. The molecule has 1 fully saturated rings. The average molecular weight is 199 g/mol. The fourth-order valence-corrected chi connectivity index (χ4v) is 0.978. The van der Waals surface area contributed by atoms with Gasteiger partial charge >= 0.3 is 12.1 Å². The molecule has 0 aromatic heterocycles. The molecular formula is C6H8F3NO3. The molecule has 4 nitrogen and oxygen atoms in total. The standard InChI is InChI=1S/C6H8F3NO3/c7-6(8,9)4-2-10-1-3(13-4)5(11)12/h3-4,10H,1-2H2,(H,11,12)/t3-,4-/m0/s1. The van der Waals surface area contributed by atoms with Crippen LogP contribution in [-0.2, 0) is 9.53 Å². The molecule has 7 heteroatoms. The lowest BCUT2D eigenvalue weighted by molar-refractivity contribution is -0.240. The molecule has 0 aromatic carbocycles. The number of carbonyl (C=O) groups is 1. The Morgan fingerprint density at radius 1 is 1.46 bits per heavy atom. The summed E-state index contributed by atoms with van der Waals surface area (Å²) >= 11 is 0. The lowest BCUT2D eigenvalue weighted by Crippen LogP contribution is -2.53. The summed E-state index contributed by atoms with van der Waals surface area (Å²) in [6.07, 6.45) is -7.95. The van der Waals surface area contributed by atoms with E-state index in [1.807, 2.05) is 0 Å². The van der Waals surface area contributed by atoms with E-state index in [0.717, 1.165) is 0 Å². The van der Waals surface area contributed by atoms with Gasteiger partial charge < -0.3 is 15.2 Å². The molecule has 0 aliphatic carbocycles. The van der Waals surface area contributed by atoms with Crippen LogP contribution in [0.25, 0.3) is 0 Å². The van der Waals surface area contributed by atoms with Crippen LogP contribution in [0.15, 0.2) is 0 Å². The van der Waals surface area contributed by atoms with Crippen LogP contribution in [0, 0.1) is 0 Å². The van der Waals surface area contributed by atoms with Gasteiger partial charge in [0, 0.05) is 13.1 Å². The zero-order valence-corrected chi connectivity index (χ0v) is 6.47. The summed E-state index contributed by atoms with van der Waals surface area (Å²) in [4.78, 5) is 10.3. The number of hydrogen-bond acceptors (Lipinski definition) is 3. The smallest absolute Gasteiger partial charge is 0.415 e. The SMILES string of the molecule is O=C(O)[C@@H]1CNC[C@@H](C(F)(F)F)O1. The maximum absolute atomic E-state index is 12.0. The topological polar surface area (TPSA) is 58.6 Å². The van der Waals surface area contributed by atoms with Crippen LogP contribution in [0.5, 0.6) is 0 Å². The van der Waals surface area contributed by atoms with Gasteiger partial charge in [-0.05, 0) is 0 Å². The first-order valence-corrected chi connectivity index (χ1v) is 3.57. The quantitative estimate of drug-likeness (QED) is 0.623. The molecule has 0 amide bonds. The van der Waals surface area contributed by atoms with Gasteiger partial charge in [0.25, 0.3) is 0 Å². The molecule has 13 heavy (non-hydrogen) atoms. The second kappa shape index (κ2) is 3.51. The van der Waals surface area contributed by atoms with Crippen molar-refractivity contribution in [3.63, 3.8) is 0 Å². The van der Waals surface area contributed by atoms with Crippen molar-refractivity contribution in [3.8, 4) is 0 Å². The molecule has 0 saturated carbocycles. The number of alkyl halides is 3. The molecule has 1 rings (SSSR count). The lowest BCUT2D eigenvalue weighted by Gasteiger charge is -2.29. The van der Waals surface area contributed by atoms with E-state index in [0.29, 0.717) is 0 Å². The first-order valence-electron chi connectivity index (χ1n) is 3.57. The molecule has 0 radical (unpaired) electrons. The van der Waals surface area contributed by atoms with E-state index >= 15 is 0 Å². The highest BCUT2D eigenvalue weighted by molar-refractivity contribution is 5.72. The highest BCUT2D eigenvalue weighted by Crippen LogP contribution is 2.24. The zero-order chi connectivity index (χ0) is 10.1. The van der Waals surface area contributed by atoms with E-state index in [9.17, 15) is 18.0 Å². The van der Waals surface area contributed by atoms with Crippen molar-refractivity contribution in [1.29, 1.82) is 0 Å². The van der Waals surface area contributed by atoms with Crippen LogP contribution < -0.4 is 5.32 Å². The van der Waals surface area contributed by atoms with Crippen molar-refractivity contribution in [2.45, 2.75) is 18.4 Å². The fraction of sp³-hybridized carbons (Fsp3) is 0.833. The highest BCUT2D eigenvalue weighted by atomic mass is 19.4. The zero-order valence-electron chi connectivity index (χ0n) is 6.47. The molecule has 1 aliphatic rings. The van der Waals surface area contributed by atoms with Gasteiger partial charge in [-0.25, -0.2) is 4.79 Å². The Morgan fingerprint density at radius 3 is 2.54 bits per heavy atom. The molecule has 2 atom stereocenters. The summed E-state index contributed by atoms with van der Waals surface area (Å²) in [7, 11) is 0. The minimum Gasteiger partial charge on any atom is -0.479 e. The Bertz CT molecular complexity index is 206. The number of ether oxygens (including phenoxy) is 1. The van der Waals surface area contributed by atoms with Crippen molar-refractivity contribution < 1.29 is 27.8 Å². The maximum Gasteiger partial charge on any atom is 0.415 e. The minimum atomic E-state index is -4.51. The summed E-state index contributed by atoms with van der Waals surface area (Å²) in [5, 5.41) is 10.7. The second-order valence-electron chi connectivity index (χ2n) is 2.65. The summed E-state index contributed by atoms with van der Waals surface area (Å²) in [5.41, 5.74) is 0. The number of hydrogen-bond donors (Lipinski definition) is 2. The van der Waals surface area contributed by atoms with Gasteiger partial charge in [0.15, 0.2) is 12.2 Å². The van der Waals surface area contributed by atoms with Crippen LogP contribution >= 0.6 is 0 Å². The van der Waals surface area contributed by atoms with Gasteiger partial charge in [-0.15, -0.1) is 0 Å². The number of rotatable bonds is 1. The number of morpholine rings is 1. The van der Waals surface area contributed by atoms with Crippen LogP contribution in [-0.4, -0.2) is 42.5 Å². The van der Waals surface area contributed by atoms with Gasteiger partial charge in [0.1, 0.15) is 0 Å². The Hall–Kier alpha value is -0.820. The summed E-state index contributed by atoms with van der Waals surface area (Å²) < 4.78 is 40.4. The average Bonchev–Trinajstić information content (AvgIpc) is 2.03. The minimum absolute atomic E-state index is 0.0953. The van der Waals surface area contributed by atoms with Crippen LogP contribution in [0.2, 0.25) is 0 Å². The first kappa shape index (κ1) is 10.3.